The van der Waals surface area contributed by atoms with Crippen molar-refractivity contribution < 1.29 is 0 Å². The summed E-state index contributed by atoms with van der Waals surface area (Å²) in [6, 6.07) is 0. The van der Waals surface area contributed by atoms with Crippen LogP contribution in [-0.4, -0.2) is 18.1 Å². The number of rotatable bonds is 4. The number of hydrogen-bond donors (Lipinski definition) is 2. The van der Waals surface area contributed by atoms with Gasteiger partial charge >= 0.3 is 0 Å². The zero-order valence-corrected chi connectivity index (χ0v) is 11.0. The fourth-order valence-electron chi connectivity index (χ4n) is 2.39. The molecule has 0 bridgehead atoms. The number of nitrogens with zero attached hydrogens (tertiary/aromatic N) is 1. The lowest BCUT2D eigenvalue weighted by Gasteiger charge is -2.27. The molecule has 0 atom stereocenters. The van der Waals surface area contributed by atoms with Crippen LogP contribution in [0.1, 0.15) is 36.3 Å². The van der Waals surface area contributed by atoms with Crippen LogP contribution in [0.3, 0.4) is 0 Å². The van der Waals surface area contributed by atoms with E-state index in [2.05, 4.69) is 24.1 Å². The standard InChI is InChI=1S/C12H21N3S/c1-9-10(2)16-11(15-9)14-8-12(7-13)5-3-4-6-12/h3-8,13H2,1-2H3,(H,14,15). The van der Waals surface area contributed by atoms with E-state index in [1.807, 2.05) is 0 Å². The predicted molar refractivity (Wildman–Crippen MR) is 70.0 cm³/mol. The molecule has 4 heteroatoms. The molecule has 0 unspecified atom stereocenters. The lowest BCUT2D eigenvalue weighted by Crippen LogP contribution is -2.34. The Kier molecular flexibility index (Phi) is 3.50. The van der Waals surface area contributed by atoms with Gasteiger partial charge in [-0.3, -0.25) is 0 Å². The van der Waals surface area contributed by atoms with Crippen molar-refractivity contribution in [2.75, 3.05) is 18.4 Å². The lowest BCUT2D eigenvalue weighted by atomic mass is 9.86. The molecule has 1 heterocycles. The molecule has 16 heavy (non-hydrogen) atoms. The van der Waals surface area contributed by atoms with E-state index in [-0.39, 0.29) is 0 Å². The molecule has 3 N–H and O–H groups in total. The topological polar surface area (TPSA) is 50.9 Å². The normalized spacial score (nSPS) is 18.9. The molecule has 0 aliphatic heterocycles. The first-order valence-corrected chi connectivity index (χ1v) is 6.85. The first kappa shape index (κ1) is 11.9. The van der Waals surface area contributed by atoms with E-state index in [1.165, 1.54) is 30.6 Å². The Morgan fingerprint density at radius 1 is 1.38 bits per heavy atom. The van der Waals surface area contributed by atoms with Gasteiger partial charge in [0.25, 0.3) is 0 Å². The van der Waals surface area contributed by atoms with Crippen LogP contribution in [0.25, 0.3) is 0 Å². The summed E-state index contributed by atoms with van der Waals surface area (Å²) in [5, 5.41) is 4.52. The van der Waals surface area contributed by atoms with Gasteiger partial charge in [0.1, 0.15) is 0 Å². The lowest BCUT2D eigenvalue weighted by molar-refractivity contribution is 0.332. The minimum atomic E-state index is 0.327. The Labute approximate surface area is 101 Å². The zero-order chi connectivity index (χ0) is 11.6. The number of aromatic nitrogens is 1. The van der Waals surface area contributed by atoms with Gasteiger partial charge in [-0.05, 0) is 38.6 Å². The van der Waals surface area contributed by atoms with Crippen molar-refractivity contribution in [1.82, 2.24) is 4.98 Å². The highest BCUT2D eigenvalue weighted by molar-refractivity contribution is 7.15. The Bertz CT molecular complexity index is 334. The van der Waals surface area contributed by atoms with Crippen LogP contribution in [-0.2, 0) is 0 Å². The van der Waals surface area contributed by atoms with Gasteiger partial charge in [0, 0.05) is 11.4 Å². The smallest absolute Gasteiger partial charge is 0.183 e. The molecule has 90 valence electrons. The van der Waals surface area contributed by atoms with E-state index < -0.39 is 0 Å². The molecular weight excluding hydrogens is 218 g/mol. The summed E-state index contributed by atoms with van der Waals surface area (Å²) in [5.74, 6) is 0. The Hall–Kier alpha value is -0.610. The second-order valence-corrected chi connectivity index (χ2v) is 6.13. The van der Waals surface area contributed by atoms with Crippen LogP contribution in [0.5, 0.6) is 0 Å². The van der Waals surface area contributed by atoms with Crippen LogP contribution in [0.4, 0.5) is 5.13 Å². The van der Waals surface area contributed by atoms with Crippen molar-refractivity contribution in [1.29, 1.82) is 0 Å². The molecule has 0 spiro atoms. The van der Waals surface area contributed by atoms with E-state index >= 15 is 0 Å². The summed E-state index contributed by atoms with van der Waals surface area (Å²) < 4.78 is 0. The van der Waals surface area contributed by atoms with Crippen LogP contribution in [0, 0.1) is 19.3 Å². The maximum Gasteiger partial charge on any atom is 0.183 e. The molecule has 3 nitrogen and oxygen atoms in total. The molecule has 0 saturated heterocycles. The SMILES string of the molecule is Cc1nc(NCC2(CN)CCCC2)sc1C. The van der Waals surface area contributed by atoms with E-state index in [0.29, 0.717) is 5.41 Å². The molecule has 1 saturated carbocycles. The van der Waals surface area contributed by atoms with Crippen molar-refractivity contribution >= 4 is 16.5 Å². The maximum absolute atomic E-state index is 5.91. The average Bonchev–Trinajstić information content (AvgIpc) is 2.85. The van der Waals surface area contributed by atoms with E-state index in [0.717, 1.165) is 23.9 Å². The van der Waals surface area contributed by atoms with Crippen LogP contribution >= 0.6 is 11.3 Å². The molecule has 0 aromatic carbocycles. The Morgan fingerprint density at radius 2 is 2.06 bits per heavy atom. The van der Waals surface area contributed by atoms with Crippen LogP contribution in [0.2, 0.25) is 0 Å². The number of aryl methyl sites for hydroxylation is 2. The molecule has 0 radical (unpaired) electrons. The third-order valence-electron chi connectivity index (χ3n) is 3.74. The summed E-state index contributed by atoms with van der Waals surface area (Å²) in [5.41, 5.74) is 7.38. The minimum absolute atomic E-state index is 0.327. The van der Waals surface area contributed by atoms with Gasteiger partial charge in [-0.15, -0.1) is 11.3 Å². The fraction of sp³-hybridized carbons (Fsp3) is 0.750. The molecule has 1 fully saturated rings. The van der Waals surface area contributed by atoms with Gasteiger partial charge in [-0.25, -0.2) is 4.98 Å². The third-order valence-corrected chi connectivity index (χ3v) is 4.77. The van der Waals surface area contributed by atoms with Crippen LogP contribution in [0.15, 0.2) is 0 Å². The van der Waals surface area contributed by atoms with E-state index in [9.17, 15) is 0 Å². The molecule has 1 aromatic heterocycles. The van der Waals surface area contributed by atoms with Gasteiger partial charge in [0.15, 0.2) is 5.13 Å². The number of anilines is 1. The highest BCUT2D eigenvalue weighted by Gasteiger charge is 2.32. The summed E-state index contributed by atoms with van der Waals surface area (Å²) >= 11 is 1.74. The molecule has 2 rings (SSSR count). The number of nitrogens with two attached hydrogens (primary N) is 1. The molecule has 1 aliphatic rings. The van der Waals surface area contributed by atoms with Crippen molar-refractivity contribution in [2.45, 2.75) is 39.5 Å². The van der Waals surface area contributed by atoms with Crippen molar-refractivity contribution in [2.24, 2.45) is 11.1 Å². The van der Waals surface area contributed by atoms with Gasteiger partial charge in [-0.2, -0.15) is 0 Å². The second-order valence-electron chi connectivity index (χ2n) is 4.93. The van der Waals surface area contributed by atoms with E-state index in [1.54, 1.807) is 11.3 Å². The van der Waals surface area contributed by atoms with Crippen molar-refractivity contribution in [3.63, 3.8) is 0 Å². The number of thiazole rings is 1. The highest BCUT2D eigenvalue weighted by Crippen LogP contribution is 2.37. The Balaban J connectivity index is 1.95. The quantitative estimate of drug-likeness (QED) is 0.849. The molecule has 1 aromatic rings. The van der Waals surface area contributed by atoms with Gasteiger partial charge in [-0.1, -0.05) is 12.8 Å². The zero-order valence-electron chi connectivity index (χ0n) is 10.2. The molecule has 0 amide bonds. The summed E-state index contributed by atoms with van der Waals surface area (Å²) in [7, 11) is 0. The second kappa shape index (κ2) is 4.72. The maximum atomic E-state index is 5.91. The monoisotopic (exact) mass is 239 g/mol. The van der Waals surface area contributed by atoms with Gasteiger partial charge in [0.05, 0.1) is 5.69 Å². The predicted octanol–water partition coefficient (Wildman–Crippen LogP) is 2.69. The molecule has 1 aliphatic carbocycles. The van der Waals surface area contributed by atoms with Gasteiger partial charge in [0.2, 0.25) is 0 Å². The molecular formula is C12H21N3S. The Morgan fingerprint density at radius 3 is 2.56 bits per heavy atom. The third kappa shape index (κ3) is 2.38. The van der Waals surface area contributed by atoms with Crippen molar-refractivity contribution in [3.05, 3.63) is 10.6 Å². The van der Waals surface area contributed by atoms with Gasteiger partial charge < -0.3 is 11.1 Å². The number of hydrogen-bond acceptors (Lipinski definition) is 4. The van der Waals surface area contributed by atoms with Crippen LogP contribution < -0.4 is 11.1 Å². The highest BCUT2D eigenvalue weighted by atomic mass is 32.1. The minimum Gasteiger partial charge on any atom is -0.361 e. The number of nitrogens with one attached hydrogen (secondary N) is 1. The summed E-state index contributed by atoms with van der Waals surface area (Å²) in [4.78, 5) is 5.80. The first-order valence-electron chi connectivity index (χ1n) is 6.03. The summed E-state index contributed by atoms with van der Waals surface area (Å²) in [6.07, 6.45) is 5.18. The van der Waals surface area contributed by atoms with Crippen molar-refractivity contribution in [3.8, 4) is 0 Å². The summed E-state index contributed by atoms with van der Waals surface area (Å²) in [6.45, 7) is 5.96. The average molecular weight is 239 g/mol. The largest absolute Gasteiger partial charge is 0.361 e. The van der Waals surface area contributed by atoms with E-state index in [4.69, 9.17) is 5.73 Å². The fourth-order valence-corrected chi connectivity index (χ4v) is 3.20. The first-order chi connectivity index (χ1) is 7.65.